The highest BCUT2D eigenvalue weighted by Crippen LogP contribution is 2.40. The molecule has 0 radical (unpaired) electrons. The number of imide groups is 1. The number of carbonyl (C=O) groups is 2. The SMILES string of the molecule is O=C(O)N1C[C@H](c2cccc(Cl)c2)[C@H](c2ccccc2)CC1=O. The molecule has 1 saturated heterocycles. The van der Waals surface area contributed by atoms with Crippen LogP contribution in [0.5, 0.6) is 0 Å². The molecule has 2 atom stereocenters. The van der Waals surface area contributed by atoms with Crippen LogP contribution in [0.2, 0.25) is 5.02 Å². The highest BCUT2D eigenvalue weighted by molar-refractivity contribution is 6.30. The summed E-state index contributed by atoms with van der Waals surface area (Å²) in [6, 6.07) is 17.1. The molecular weight excluding hydrogens is 314 g/mol. The summed E-state index contributed by atoms with van der Waals surface area (Å²) in [5.74, 6) is -0.521. The smallest absolute Gasteiger partial charge is 0.414 e. The third kappa shape index (κ3) is 3.22. The van der Waals surface area contributed by atoms with Crippen LogP contribution in [0.3, 0.4) is 0 Å². The Kier molecular flexibility index (Phi) is 4.35. The third-order valence-electron chi connectivity index (χ3n) is 4.30. The monoisotopic (exact) mass is 329 g/mol. The van der Waals surface area contributed by atoms with Crippen LogP contribution in [0.1, 0.15) is 29.4 Å². The molecular formula is C18H16ClNO3. The first-order valence-corrected chi connectivity index (χ1v) is 7.78. The quantitative estimate of drug-likeness (QED) is 0.901. The maximum Gasteiger partial charge on any atom is 0.414 e. The lowest BCUT2D eigenvalue weighted by Gasteiger charge is -2.36. The molecule has 0 bridgehead atoms. The number of rotatable bonds is 2. The van der Waals surface area contributed by atoms with E-state index in [0.717, 1.165) is 16.0 Å². The Balaban J connectivity index is 2.02. The molecule has 1 aliphatic rings. The van der Waals surface area contributed by atoms with Crippen molar-refractivity contribution in [2.75, 3.05) is 6.54 Å². The Labute approximate surface area is 139 Å². The van der Waals surface area contributed by atoms with E-state index in [0.29, 0.717) is 5.02 Å². The van der Waals surface area contributed by atoms with Crippen LogP contribution in [0.25, 0.3) is 0 Å². The van der Waals surface area contributed by atoms with Gasteiger partial charge in [-0.2, -0.15) is 0 Å². The number of piperidine rings is 1. The van der Waals surface area contributed by atoms with Gasteiger partial charge in [0.1, 0.15) is 0 Å². The molecule has 0 spiro atoms. The molecule has 1 heterocycles. The van der Waals surface area contributed by atoms with E-state index in [-0.39, 0.29) is 30.7 Å². The molecule has 0 unspecified atom stereocenters. The number of carbonyl (C=O) groups excluding carboxylic acids is 1. The fourth-order valence-corrected chi connectivity index (χ4v) is 3.38. The standard InChI is InChI=1S/C18H16ClNO3/c19-14-8-4-7-13(9-14)16-11-20(18(22)23)17(21)10-15(16)12-5-2-1-3-6-12/h1-9,15-16H,10-11H2,(H,22,23)/t15-,16+/m0/s1. The van der Waals surface area contributed by atoms with Gasteiger partial charge in [-0.3, -0.25) is 4.79 Å². The van der Waals surface area contributed by atoms with Crippen LogP contribution in [0.4, 0.5) is 4.79 Å². The summed E-state index contributed by atoms with van der Waals surface area (Å²) in [7, 11) is 0. The van der Waals surface area contributed by atoms with Gasteiger partial charge in [-0.15, -0.1) is 0 Å². The largest absolute Gasteiger partial charge is 0.465 e. The van der Waals surface area contributed by atoms with Crippen LogP contribution in [-0.4, -0.2) is 28.6 Å². The van der Waals surface area contributed by atoms with E-state index < -0.39 is 6.09 Å². The fourth-order valence-electron chi connectivity index (χ4n) is 3.18. The average Bonchev–Trinajstić information content (AvgIpc) is 2.55. The Morgan fingerprint density at radius 2 is 1.74 bits per heavy atom. The van der Waals surface area contributed by atoms with Gasteiger partial charge in [0.2, 0.25) is 5.91 Å². The predicted molar refractivity (Wildman–Crippen MR) is 87.7 cm³/mol. The Hall–Kier alpha value is -2.33. The molecule has 5 heteroatoms. The first kappa shape index (κ1) is 15.6. The number of benzene rings is 2. The Morgan fingerprint density at radius 1 is 1.04 bits per heavy atom. The van der Waals surface area contributed by atoms with Crippen LogP contribution < -0.4 is 0 Å². The van der Waals surface area contributed by atoms with E-state index >= 15 is 0 Å². The van der Waals surface area contributed by atoms with E-state index in [1.54, 1.807) is 6.07 Å². The zero-order valence-electron chi connectivity index (χ0n) is 12.4. The summed E-state index contributed by atoms with van der Waals surface area (Å²) in [5.41, 5.74) is 1.99. The van der Waals surface area contributed by atoms with Crippen LogP contribution >= 0.6 is 11.6 Å². The first-order chi connectivity index (χ1) is 11.1. The second-order valence-electron chi connectivity index (χ2n) is 5.67. The molecule has 2 amide bonds. The predicted octanol–water partition coefficient (Wildman–Crippen LogP) is 4.12. The summed E-state index contributed by atoms with van der Waals surface area (Å²) in [6.45, 7) is 0.147. The van der Waals surface area contributed by atoms with Crippen molar-refractivity contribution in [2.45, 2.75) is 18.3 Å². The summed E-state index contributed by atoms with van der Waals surface area (Å²) < 4.78 is 0. The number of hydrogen-bond acceptors (Lipinski definition) is 2. The summed E-state index contributed by atoms with van der Waals surface area (Å²) in [6.07, 6.45) is -1.03. The van der Waals surface area contributed by atoms with Crippen molar-refractivity contribution in [1.29, 1.82) is 0 Å². The summed E-state index contributed by atoms with van der Waals surface area (Å²) >= 11 is 6.09. The number of nitrogens with zero attached hydrogens (tertiary/aromatic N) is 1. The molecule has 1 aliphatic heterocycles. The van der Waals surface area contributed by atoms with Gasteiger partial charge in [0.25, 0.3) is 0 Å². The van der Waals surface area contributed by atoms with Crippen molar-refractivity contribution >= 4 is 23.6 Å². The number of likely N-dealkylation sites (tertiary alicyclic amines) is 1. The summed E-state index contributed by atoms with van der Waals surface area (Å²) in [4.78, 5) is 24.4. The lowest BCUT2D eigenvalue weighted by atomic mass is 9.76. The van der Waals surface area contributed by atoms with E-state index in [9.17, 15) is 14.7 Å². The Bertz CT molecular complexity index is 732. The van der Waals surface area contributed by atoms with Crippen LogP contribution in [0.15, 0.2) is 54.6 Å². The van der Waals surface area contributed by atoms with Crippen molar-refractivity contribution < 1.29 is 14.7 Å². The van der Waals surface area contributed by atoms with Gasteiger partial charge in [0.15, 0.2) is 0 Å². The van der Waals surface area contributed by atoms with Crippen molar-refractivity contribution in [3.8, 4) is 0 Å². The number of halogens is 1. The van der Waals surface area contributed by atoms with Gasteiger partial charge in [-0.05, 0) is 23.3 Å². The van der Waals surface area contributed by atoms with Crippen molar-refractivity contribution in [3.05, 3.63) is 70.7 Å². The van der Waals surface area contributed by atoms with Gasteiger partial charge in [-0.1, -0.05) is 54.1 Å². The van der Waals surface area contributed by atoms with Crippen LogP contribution in [0, 0.1) is 0 Å². The molecule has 1 N–H and O–H groups in total. The van der Waals surface area contributed by atoms with Crippen molar-refractivity contribution in [3.63, 3.8) is 0 Å². The zero-order chi connectivity index (χ0) is 16.4. The molecule has 2 aromatic carbocycles. The van der Waals surface area contributed by atoms with E-state index in [1.165, 1.54) is 0 Å². The number of carboxylic acid groups (broad SMARTS) is 1. The van der Waals surface area contributed by atoms with Crippen LogP contribution in [-0.2, 0) is 4.79 Å². The van der Waals surface area contributed by atoms with E-state index in [1.807, 2.05) is 48.5 Å². The maximum atomic E-state index is 12.2. The van der Waals surface area contributed by atoms with Crippen molar-refractivity contribution in [1.82, 2.24) is 4.90 Å². The highest BCUT2D eigenvalue weighted by Gasteiger charge is 2.38. The van der Waals surface area contributed by atoms with E-state index in [4.69, 9.17) is 11.6 Å². The minimum absolute atomic E-state index is 0.0576. The molecule has 4 nitrogen and oxygen atoms in total. The molecule has 0 aromatic heterocycles. The van der Waals surface area contributed by atoms with Gasteiger partial charge in [-0.25, -0.2) is 9.69 Å². The second-order valence-corrected chi connectivity index (χ2v) is 6.11. The minimum Gasteiger partial charge on any atom is -0.465 e. The molecule has 118 valence electrons. The normalized spacial score (nSPS) is 21.3. The first-order valence-electron chi connectivity index (χ1n) is 7.40. The average molecular weight is 330 g/mol. The molecule has 0 saturated carbocycles. The van der Waals surface area contributed by atoms with Gasteiger partial charge >= 0.3 is 6.09 Å². The van der Waals surface area contributed by atoms with Gasteiger partial charge in [0.05, 0.1) is 0 Å². The topological polar surface area (TPSA) is 57.6 Å². The number of amides is 2. The zero-order valence-corrected chi connectivity index (χ0v) is 13.1. The third-order valence-corrected chi connectivity index (χ3v) is 4.53. The van der Waals surface area contributed by atoms with Gasteiger partial charge < -0.3 is 5.11 Å². The van der Waals surface area contributed by atoms with E-state index in [2.05, 4.69) is 0 Å². The Morgan fingerprint density at radius 3 is 2.39 bits per heavy atom. The highest BCUT2D eigenvalue weighted by atomic mass is 35.5. The lowest BCUT2D eigenvalue weighted by Crippen LogP contribution is -2.45. The maximum absolute atomic E-state index is 12.2. The number of hydrogen-bond donors (Lipinski definition) is 1. The van der Waals surface area contributed by atoms with Crippen molar-refractivity contribution in [2.24, 2.45) is 0 Å². The molecule has 2 aromatic rings. The fraction of sp³-hybridized carbons (Fsp3) is 0.222. The molecule has 0 aliphatic carbocycles. The molecule has 1 fully saturated rings. The lowest BCUT2D eigenvalue weighted by molar-refractivity contribution is -0.132. The second kappa shape index (κ2) is 6.42. The molecule has 23 heavy (non-hydrogen) atoms. The minimum atomic E-state index is -1.20. The molecule has 3 rings (SSSR count). The summed E-state index contributed by atoms with van der Waals surface area (Å²) in [5, 5.41) is 9.87. The van der Waals surface area contributed by atoms with Gasteiger partial charge in [0, 0.05) is 29.8 Å².